The quantitative estimate of drug-likeness (QED) is 0.0675. The molecule has 26 heteroatoms. The molecular weight excluding hydrogens is 1090 g/mol. The van der Waals surface area contributed by atoms with E-state index in [9.17, 15) is 81.1 Å². The molecule has 9 rings (SSSR count). The Bertz CT molecular complexity index is 2360. The third-order valence-electron chi connectivity index (χ3n) is 21.8. The minimum atomic E-state index is -2.08. The number of esters is 2. The van der Waals surface area contributed by atoms with Gasteiger partial charge >= 0.3 is 17.9 Å². The molecule has 8 fully saturated rings. The smallest absolute Gasteiger partial charge is 0.315 e. The van der Waals surface area contributed by atoms with E-state index in [0.717, 1.165) is 5.57 Å². The molecule has 82 heavy (non-hydrogen) atoms. The number of aliphatic hydroxyl groups excluding tert-OH is 13. The summed E-state index contributed by atoms with van der Waals surface area (Å²) in [6.45, 7) is 12.4. The molecule has 4 saturated heterocycles. The summed E-state index contributed by atoms with van der Waals surface area (Å²) in [7, 11) is 0. The Labute approximate surface area is 475 Å². The van der Waals surface area contributed by atoms with E-state index in [0.29, 0.717) is 44.9 Å². The van der Waals surface area contributed by atoms with Gasteiger partial charge in [0.05, 0.1) is 36.8 Å². The van der Waals surface area contributed by atoms with E-state index in [2.05, 4.69) is 40.7 Å². The second kappa shape index (κ2) is 23.1. The van der Waals surface area contributed by atoms with E-state index >= 15 is 4.79 Å². The highest BCUT2D eigenvalue weighted by Gasteiger charge is 2.73. The Kier molecular flexibility index (Phi) is 18.0. The fourth-order valence-electron chi connectivity index (χ4n) is 16.6. The van der Waals surface area contributed by atoms with E-state index in [4.69, 9.17) is 42.6 Å². The van der Waals surface area contributed by atoms with E-state index in [-0.39, 0.29) is 24.2 Å². The first-order valence-corrected chi connectivity index (χ1v) is 28.8. The minimum absolute atomic E-state index is 0.150. The molecule has 0 aromatic rings. The van der Waals surface area contributed by atoms with Crippen LogP contribution in [0.5, 0.6) is 0 Å². The molecule has 5 aliphatic carbocycles. The maximum absolute atomic E-state index is 15.7. The van der Waals surface area contributed by atoms with Crippen LogP contribution in [0.4, 0.5) is 0 Å². The predicted octanol–water partition coefficient (Wildman–Crippen LogP) is -2.40. The summed E-state index contributed by atoms with van der Waals surface area (Å²) in [5, 5.41) is 153. The van der Waals surface area contributed by atoms with Crippen LogP contribution in [0.25, 0.3) is 0 Å². The number of carbonyl (C=O) groups excluding carboxylic acids is 2. The van der Waals surface area contributed by atoms with Crippen molar-refractivity contribution in [3.05, 3.63) is 11.6 Å². The van der Waals surface area contributed by atoms with Gasteiger partial charge < -0.3 is 114 Å². The van der Waals surface area contributed by atoms with Crippen LogP contribution in [0.15, 0.2) is 11.6 Å². The number of carbonyl (C=O) groups is 3. The van der Waals surface area contributed by atoms with Crippen LogP contribution in [0.2, 0.25) is 0 Å². The van der Waals surface area contributed by atoms with Crippen molar-refractivity contribution >= 4 is 17.9 Å². The van der Waals surface area contributed by atoms with Crippen LogP contribution in [0, 0.1) is 50.2 Å². The molecular formula is C56H88O26. The van der Waals surface area contributed by atoms with Crippen LogP contribution < -0.4 is 0 Å². The molecule has 0 radical (unpaired) electrons. The number of hydrogen-bond acceptors (Lipinski definition) is 25. The van der Waals surface area contributed by atoms with Gasteiger partial charge in [0.2, 0.25) is 6.29 Å². The van der Waals surface area contributed by atoms with Gasteiger partial charge in [0.25, 0.3) is 0 Å². The molecule has 4 saturated carbocycles. The van der Waals surface area contributed by atoms with Gasteiger partial charge in [0, 0.05) is 6.92 Å². The second-order valence-corrected chi connectivity index (χ2v) is 26.8. The second-order valence-electron chi connectivity index (χ2n) is 26.8. The summed E-state index contributed by atoms with van der Waals surface area (Å²) in [5.41, 5.74) is -3.93. The summed E-state index contributed by atoms with van der Waals surface area (Å²) in [6, 6.07) is 0. The van der Waals surface area contributed by atoms with Crippen molar-refractivity contribution in [2.24, 2.45) is 50.2 Å². The van der Waals surface area contributed by atoms with Crippen molar-refractivity contribution in [2.45, 2.75) is 248 Å². The van der Waals surface area contributed by atoms with Gasteiger partial charge in [-0.05, 0) is 111 Å². The van der Waals surface area contributed by atoms with Crippen LogP contribution in [-0.2, 0) is 57.0 Å². The van der Waals surface area contributed by atoms with Gasteiger partial charge in [0.15, 0.2) is 25.0 Å². The highest BCUT2D eigenvalue weighted by molar-refractivity contribution is 5.79. The van der Waals surface area contributed by atoms with Crippen LogP contribution in [-0.4, -0.2) is 244 Å². The van der Waals surface area contributed by atoms with Crippen LogP contribution in [0.1, 0.15) is 113 Å². The van der Waals surface area contributed by atoms with E-state index in [1.807, 2.05) is 0 Å². The molecule has 468 valence electrons. The van der Waals surface area contributed by atoms with Crippen molar-refractivity contribution in [3.8, 4) is 0 Å². The van der Waals surface area contributed by atoms with Crippen molar-refractivity contribution in [2.75, 3.05) is 19.8 Å². The number of fused-ring (bicyclic) bond motifs is 7. The SMILES string of the molecule is CC(=O)O[C@H]1C[C@@]2(C)C(CC[C@]3(C)C2CC=C2[C@@H]4CC(C)(C)CC[C@]4(C(=O)O[C@@H]4O[C@H](CO[C@@H]5O[C@H](CO)[C@@H](O[C@@H]6O[C@H](C)[C@@H](O)[C@H](O)[C@H]6O)[C@H](O)[C@H]5O)[C@@H](O)[C@H](O)[C@H]4O[C@@H]4O[C@H](CO)[C@@H](O)[C@H](O)[C@H]4O)CC[C@]23C)[C@](C)(C(=O)O)[C@H]1O. The Balaban J connectivity index is 0.998. The monoisotopic (exact) mass is 1180 g/mol. The lowest BCUT2D eigenvalue weighted by Gasteiger charge is -2.71. The predicted molar refractivity (Wildman–Crippen MR) is 274 cm³/mol. The fraction of sp³-hybridized carbons (Fsp3) is 0.911. The summed E-state index contributed by atoms with van der Waals surface area (Å²) in [4.78, 5) is 41.4. The largest absolute Gasteiger partial charge is 0.481 e. The average molecular weight is 1180 g/mol. The number of aliphatic hydroxyl groups is 13. The standard InChI is InChI=1S/C56H88O26/c1-22-32(60)35(63)39(67)46(75-22)80-42-28(20-58)78-45(41(69)38(42)66)74-21-29-34(62)37(65)43(81-47-40(68)36(64)33(61)27(19-57)77-47)48(79-29)82-50(73)56-15-13-51(3,4)17-25(56)24-9-10-30-52(5)18-26(76-23(2)59)44(70)55(8,49(71)72)31(52)11-12-54(30,7)53(24,6)14-16-56/h9,22,25-48,57-58,60-70H,10-21H2,1-8H3,(H,71,72)/t22-,25+,26+,27-,28-,29-,30?,31?,32-,33-,34-,35+,36+,37+,38-,39-,40-,41-,42-,43-,44+,45-,46+,47+,48+,52-,53-,54-,55+,56+/m1/s1. The highest BCUT2D eigenvalue weighted by Crippen LogP contribution is 2.76. The number of ether oxygens (including phenoxy) is 9. The lowest BCUT2D eigenvalue weighted by Crippen LogP contribution is -2.69. The zero-order valence-corrected chi connectivity index (χ0v) is 47.7. The van der Waals surface area contributed by atoms with Gasteiger partial charge in [0.1, 0.15) is 97.7 Å². The van der Waals surface area contributed by atoms with Crippen molar-refractivity contribution in [3.63, 3.8) is 0 Å². The molecule has 14 N–H and O–H groups in total. The summed E-state index contributed by atoms with van der Waals surface area (Å²) >= 11 is 0. The number of allylic oxidation sites excluding steroid dienone is 2. The maximum atomic E-state index is 15.7. The fourth-order valence-corrected chi connectivity index (χ4v) is 16.6. The average Bonchev–Trinajstić information content (AvgIpc) is 0.740. The van der Waals surface area contributed by atoms with Crippen LogP contribution in [0.3, 0.4) is 0 Å². The molecule has 4 aliphatic heterocycles. The summed E-state index contributed by atoms with van der Waals surface area (Å²) in [6.07, 6.45) is -31.7. The zero-order valence-electron chi connectivity index (χ0n) is 47.7. The molecule has 26 nitrogen and oxygen atoms in total. The molecule has 0 aromatic heterocycles. The third-order valence-corrected chi connectivity index (χ3v) is 21.8. The normalized spacial score (nSPS) is 52.8. The zero-order chi connectivity index (χ0) is 60.3. The van der Waals surface area contributed by atoms with Gasteiger partial charge in [-0.15, -0.1) is 0 Å². The molecule has 0 spiro atoms. The summed E-state index contributed by atoms with van der Waals surface area (Å²) in [5.74, 6) is -3.64. The Morgan fingerprint density at radius 3 is 1.79 bits per heavy atom. The lowest BCUT2D eigenvalue weighted by molar-refractivity contribution is -0.373. The van der Waals surface area contributed by atoms with Crippen LogP contribution >= 0.6 is 0 Å². The highest BCUT2D eigenvalue weighted by atomic mass is 16.8. The Hall–Kier alpha value is -2.65. The molecule has 2 unspecified atom stereocenters. The molecule has 30 atom stereocenters. The van der Waals surface area contributed by atoms with Gasteiger partial charge in [-0.25, -0.2) is 0 Å². The molecule has 0 aromatic carbocycles. The van der Waals surface area contributed by atoms with Gasteiger partial charge in [-0.2, -0.15) is 0 Å². The number of aliphatic carboxylic acids is 1. The Morgan fingerprint density at radius 1 is 0.598 bits per heavy atom. The molecule has 4 heterocycles. The van der Waals surface area contributed by atoms with Crippen molar-refractivity contribution < 1.29 is 129 Å². The molecule has 9 aliphatic rings. The molecule has 0 bridgehead atoms. The van der Waals surface area contributed by atoms with Crippen molar-refractivity contribution in [1.82, 2.24) is 0 Å². The van der Waals surface area contributed by atoms with Gasteiger partial charge in [-0.3, -0.25) is 14.4 Å². The number of rotatable bonds is 13. The Morgan fingerprint density at radius 2 is 1.16 bits per heavy atom. The lowest BCUT2D eigenvalue weighted by atomic mass is 9.33. The topological polar surface area (TPSA) is 418 Å². The first kappa shape index (κ1) is 63.8. The van der Waals surface area contributed by atoms with Crippen molar-refractivity contribution in [1.29, 1.82) is 0 Å². The minimum Gasteiger partial charge on any atom is -0.481 e. The van der Waals surface area contributed by atoms with E-state index < -0.39 is 212 Å². The summed E-state index contributed by atoms with van der Waals surface area (Å²) < 4.78 is 52.9. The third kappa shape index (κ3) is 10.4. The first-order chi connectivity index (χ1) is 38.3. The number of carboxylic acids is 1. The van der Waals surface area contributed by atoms with Gasteiger partial charge in [-0.1, -0.05) is 46.3 Å². The van der Waals surface area contributed by atoms with E-state index in [1.54, 1.807) is 6.92 Å². The maximum Gasteiger partial charge on any atom is 0.315 e. The first-order valence-electron chi connectivity index (χ1n) is 28.8. The van der Waals surface area contributed by atoms with E-state index in [1.165, 1.54) is 13.8 Å². The number of hydrogen-bond donors (Lipinski definition) is 14. The number of carboxylic acid groups (broad SMARTS) is 1. The molecule has 0 amide bonds.